The van der Waals surface area contributed by atoms with Gasteiger partial charge in [0.2, 0.25) is 0 Å². The lowest BCUT2D eigenvalue weighted by Crippen LogP contribution is -3.06. The van der Waals surface area contributed by atoms with Crippen LogP contribution in [0.25, 0.3) is 0 Å². The van der Waals surface area contributed by atoms with Gasteiger partial charge < -0.3 is 4.90 Å². The van der Waals surface area contributed by atoms with Gasteiger partial charge in [-0.15, -0.1) is 0 Å². The van der Waals surface area contributed by atoms with Gasteiger partial charge in [0.15, 0.2) is 0 Å². The summed E-state index contributed by atoms with van der Waals surface area (Å²) in [5.74, 6) is 0. The molecule has 1 unspecified atom stereocenters. The smallest absolute Gasteiger partial charge is 0.0535 e. The minimum Gasteiger partial charge on any atom is -0.468 e. The van der Waals surface area contributed by atoms with Crippen LogP contribution in [0.4, 0.5) is 0 Å². The van der Waals surface area contributed by atoms with Crippen molar-refractivity contribution in [3.05, 3.63) is 7.05 Å². The van der Waals surface area contributed by atoms with Gasteiger partial charge in [-0.25, -0.2) is 0 Å². The van der Waals surface area contributed by atoms with Crippen molar-refractivity contribution in [3.63, 3.8) is 0 Å². The Balaban J connectivity index is 3.36. The van der Waals surface area contributed by atoms with Crippen LogP contribution in [0.5, 0.6) is 0 Å². The van der Waals surface area contributed by atoms with E-state index in [1.807, 2.05) is 0 Å². The summed E-state index contributed by atoms with van der Waals surface area (Å²) >= 11 is 0. The summed E-state index contributed by atoms with van der Waals surface area (Å²) in [6, 6.07) is 0. The van der Waals surface area contributed by atoms with Crippen LogP contribution in [0.1, 0.15) is 34.1 Å². The summed E-state index contributed by atoms with van der Waals surface area (Å²) in [6.45, 7) is 11.3. The van der Waals surface area contributed by atoms with Gasteiger partial charge in [0, 0.05) is 0 Å². The van der Waals surface area contributed by atoms with Crippen LogP contribution >= 0.6 is 0 Å². The number of hydrogen-bond donors (Lipinski definition) is 1. The van der Waals surface area contributed by atoms with Gasteiger partial charge in [0.05, 0.1) is 13.1 Å². The van der Waals surface area contributed by atoms with Gasteiger partial charge in [-0.05, 0) is 18.8 Å². The topological polar surface area (TPSA) is 4.44 Å². The molecular formula is C9H21N. The molecule has 0 spiro atoms. The fourth-order valence-corrected chi connectivity index (χ4v) is 0.729. The van der Waals surface area contributed by atoms with E-state index < -0.39 is 0 Å². The normalized spacial score (nSPS) is 15.3. The molecule has 1 atom stereocenters. The van der Waals surface area contributed by atoms with Crippen LogP contribution in [-0.4, -0.2) is 13.1 Å². The average Bonchev–Trinajstić information content (AvgIpc) is 1.81. The van der Waals surface area contributed by atoms with E-state index in [4.69, 9.17) is 0 Å². The fraction of sp³-hybridized carbons (Fsp3) is 0.889. The fourth-order valence-electron chi connectivity index (χ4n) is 0.729. The van der Waals surface area contributed by atoms with E-state index in [2.05, 4.69) is 34.7 Å². The Bertz CT molecular complexity index is 81.2. The SMILES string of the molecule is [CH2-][NH+](CC)CCC(C)(C)C. The van der Waals surface area contributed by atoms with Gasteiger partial charge in [-0.1, -0.05) is 20.8 Å². The third-order valence-corrected chi connectivity index (χ3v) is 1.73. The van der Waals surface area contributed by atoms with Crippen molar-refractivity contribution in [1.82, 2.24) is 0 Å². The third kappa shape index (κ3) is 6.09. The van der Waals surface area contributed by atoms with E-state index in [1.54, 1.807) is 0 Å². The first-order valence-electron chi connectivity index (χ1n) is 4.12. The summed E-state index contributed by atoms with van der Waals surface area (Å²) in [7, 11) is 3.98. The van der Waals surface area contributed by atoms with Gasteiger partial charge in [-0.3, -0.25) is 0 Å². The highest BCUT2D eigenvalue weighted by Gasteiger charge is 2.10. The Morgan fingerprint density at radius 1 is 1.30 bits per heavy atom. The Morgan fingerprint density at radius 2 is 1.80 bits per heavy atom. The Morgan fingerprint density at radius 3 is 2.10 bits per heavy atom. The maximum Gasteiger partial charge on any atom is 0.0535 e. The lowest BCUT2D eigenvalue weighted by atomic mass is 9.92. The molecule has 0 aliphatic carbocycles. The number of rotatable bonds is 3. The highest BCUT2D eigenvalue weighted by atomic mass is 15.1. The summed E-state index contributed by atoms with van der Waals surface area (Å²) in [5, 5.41) is 0. The molecule has 10 heavy (non-hydrogen) atoms. The van der Waals surface area contributed by atoms with Gasteiger partial charge in [0.1, 0.15) is 0 Å². The molecule has 0 aliphatic heterocycles. The molecule has 62 valence electrons. The Hall–Kier alpha value is -0.0400. The van der Waals surface area contributed by atoms with Crippen molar-refractivity contribution in [2.75, 3.05) is 13.1 Å². The molecule has 0 bridgehead atoms. The largest absolute Gasteiger partial charge is 0.468 e. The van der Waals surface area contributed by atoms with Crippen molar-refractivity contribution in [2.45, 2.75) is 34.1 Å². The van der Waals surface area contributed by atoms with E-state index in [1.165, 1.54) is 17.9 Å². The quantitative estimate of drug-likeness (QED) is 0.565. The molecule has 1 heteroatoms. The van der Waals surface area contributed by atoms with Gasteiger partial charge >= 0.3 is 0 Å². The average molecular weight is 143 g/mol. The van der Waals surface area contributed by atoms with Crippen LogP contribution in [0.3, 0.4) is 0 Å². The maximum atomic E-state index is 3.98. The van der Waals surface area contributed by atoms with Crippen molar-refractivity contribution in [2.24, 2.45) is 5.41 Å². The van der Waals surface area contributed by atoms with E-state index in [0.717, 1.165) is 6.54 Å². The standard InChI is InChI=1S/C9H21N/c1-6-10(5)8-7-9(2,3)4/h10H,5-8H2,1-4H3. The van der Waals surface area contributed by atoms with Crippen molar-refractivity contribution in [1.29, 1.82) is 0 Å². The first-order chi connectivity index (χ1) is 4.45. The molecule has 0 amide bonds. The highest BCUT2D eigenvalue weighted by Crippen LogP contribution is 2.16. The molecule has 0 rings (SSSR count). The molecule has 0 saturated heterocycles. The molecule has 1 nitrogen and oxygen atoms in total. The molecule has 0 heterocycles. The van der Waals surface area contributed by atoms with E-state index >= 15 is 0 Å². The summed E-state index contributed by atoms with van der Waals surface area (Å²) < 4.78 is 0. The van der Waals surface area contributed by atoms with Crippen molar-refractivity contribution >= 4 is 0 Å². The first-order valence-corrected chi connectivity index (χ1v) is 4.12. The van der Waals surface area contributed by atoms with Crippen molar-refractivity contribution < 1.29 is 4.90 Å². The van der Waals surface area contributed by atoms with E-state index in [0.29, 0.717) is 5.41 Å². The molecule has 0 aliphatic rings. The summed E-state index contributed by atoms with van der Waals surface area (Å²) in [4.78, 5) is 1.38. The third-order valence-electron chi connectivity index (χ3n) is 1.73. The van der Waals surface area contributed by atoms with Gasteiger partial charge in [-0.2, -0.15) is 7.05 Å². The number of hydrogen-bond acceptors (Lipinski definition) is 0. The van der Waals surface area contributed by atoms with Crippen LogP contribution in [0, 0.1) is 12.5 Å². The predicted molar refractivity (Wildman–Crippen MR) is 45.8 cm³/mol. The van der Waals surface area contributed by atoms with Crippen molar-refractivity contribution in [3.8, 4) is 0 Å². The number of quaternary nitrogens is 1. The molecule has 1 N–H and O–H groups in total. The second-order valence-corrected chi connectivity index (χ2v) is 4.16. The van der Waals surface area contributed by atoms with Gasteiger partial charge in [0.25, 0.3) is 0 Å². The predicted octanol–water partition coefficient (Wildman–Crippen LogP) is 1.12. The monoisotopic (exact) mass is 143 g/mol. The molecule has 0 fully saturated rings. The molecule has 0 aromatic heterocycles. The minimum absolute atomic E-state index is 0.470. The zero-order valence-corrected chi connectivity index (χ0v) is 7.83. The maximum absolute atomic E-state index is 3.98. The summed E-state index contributed by atoms with van der Waals surface area (Å²) in [6.07, 6.45) is 1.26. The minimum atomic E-state index is 0.470. The van der Waals surface area contributed by atoms with Crippen LogP contribution in [0.2, 0.25) is 0 Å². The van der Waals surface area contributed by atoms with E-state index in [9.17, 15) is 0 Å². The van der Waals surface area contributed by atoms with Crippen LogP contribution in [0.15, 0.2) is 0 Å². The molecule has 0 aromatic rings. The first kappa shape index (κ1) is 9.96. The number of nitrogens with one attached hydrogen (secondary N) is 1. The highest BCUT2D eigenvalue weighted by molar-refractivity contribution is 4.59. The molecule has 0 radical (unpaired) electrons. The molecular weight excluding hydrogens is 122 g/mol. The second-order valence-electron chi connectivity index (χ2n) is 4.16. The van der Waals surface area contributed by atoms with Crippen LogP contribution in [-0.2, 0) is 0 Å². The van der Waals surface area contributed by atoms with E-state index in [-0.39, 0.29) is 0 Å². The Kier molecular flexibility index (Phi) is 3.95. The molecule has 0 aromatic carbocycles. The zero-order chi connectivity index (χ0) is 8.20. The second kappa shape index (κ2) is 3.97. The Labute approximate surface area is 65.4 Å². The molecule has 0 saturated carbocycles. The summed E-state index contributed by atoms with van der Waals surface area (Å²) in [5.41, 5.74) is 0.470. The van der Waals surface area contributed by atoms with Crippen LogP contribution < -0.4 is 4.90 Å². The zero-order valence-electron chi connectivity index (χ0n) is 7.83. The lowest BCUT2D eigenvalue weighted by molar-refractivity contribution is -0.852. The lowest BCUT2D eigenvalue weighted by Gasteiger charge is -2.24.